The number of hydrogen-bond donors (Lipinski definition) is 0. The van der Waals surface area contributed by atoms with Crippen molar-refractivity contribution >= 4 is 48.6 Å². The van der Waals surface area contributed by atoms with Crippen LogP contribution in [0, 0.1) is 0 Å². The number of para-hydroxylation sites is 1. The fraction of sp³-hybridized carbons (Fsp3) is 0.111. The third-order valence-corrected chi connectivity index (χ3v) is 13.7. The maximum absolute atomic E-state index is 2.56. The standard InChI is InChI=1S/C54H41NS/c1-3-17-37(18-4-1)40-19-5-6-20-41(40)42-21-7-8-22-43(42)46-24-10-13-27-51(46)55(38-30-32-53-48(35-38)47-25-11-14-28-52(47)56-53)39-29-31-45-44-23-9-12-26-49(44)54(50(45)36-39)33-15-2-16-34-54/h1,3-14,17-32,35-36H,2,15-16,33-34H2. The minimum absolute atomic E-state index is 0.0621. The zero-order valence-electron chi connectivity index (χ0n) is 31.3. The van der Waals surface area contributed by atoms with Crippen molar-refractivity contribution in [2.45, 2.75) is 37.5 Å². The highest BCUT2D eigenvalue weighted by Crippen LogP contribution is 2.57. The Morgan fingerprint density at radius 3 is 1.73 bits per heavy atom. The average molecular weight is 736 g/mol. The zero-order valence-corrected chi connectivity index (χ0v) is 32.1. The van der Waals surface area contributed by atoms with Gasteiger partial charge in [-0.05, 0) is 105 Å². The van der Waals surface area contributed by atoms with Crippen LogP contribution in [0.4, 0.5) is 17.1 Å². The topological polar surface area (TPSA) is 3.24 Å². The lowest BCUT2D eigenvalue weighted by Gasteiger charge is -2.37. The van der Waals surface area contributed by atoms with Gasteiger partial charge in [0, 0.05) is 42.5 Å². The van der Waals surface area contributed by atoms with Crippen LogP contribution in [-0.4, -0.2) is 0 Å². The zero-order chi connectivity index (χ0) is 37.1. The van der Waals surface area contributed by atoms with Crippen molar-refractivity contribution in [3.05, 3.63) is 199 Å². The van der Waals surface area contributed by atoms with E-state index in [1.165, 1.54) is 125 Å². The fourth-order valence-corrected chi connectivity index (χ4v) is 11.1. The van der Waals surface area contributed by atoms with Crippen LogP contribution < -0.4 is 4.90 Å². The SMILES string of the molecule is c1ccc(-c2ccccc2-c2ccccc2-c2ccccc2N(c2ccc3c(c2)C2(CCCCC2)c2ccccc2-3)c2ccc3sc4ccccc4c3c2)cc1. The number of thiophene rings is 1. The predicted octanol–water partition coefficient (Wildman–Crippen LogP) is 15.8. The van der Waals surface area contributed by atoms with Gasteiger partial charge >= 0.3 is 0 Å². The fourth-order valence-electron chi connectivity index (χ4n) is 9.99. The third kappa shape index (κ3) is 5.28. The molecule has 2 aliphatic rings. The molecular formula is C54H41NS. The van der Waals surface area contributed by atoms with E-state index in [4.69, 9.17) is 0 Å². The Labute approximate surface area is 333 Å². The molecule has 1 aromatic heterocycles. The smallest absolute Gasteiger partial charge is 0.0540 e. The summed E-state index contributed by atoms with van der Waals surface area (Å²) in [7, 11) is 0. The second-order valence-corrected chi connectivity index (χ2v) is 16.6. The highest BCUT2D eigenvalue weighted by atomic mass is 32.1. The first kappa shape index (κ1) is 33.1. The molecule has 1 heterocycles. The number of fused-ring (bicyclic) bond motifs is 8. The lowest BCUT2D eigenvalue weighted by Crippen LogP contribution is -2.28. The highest BCUT2D eigenvalue weighted by molar-refractivity contribution is 7.25. The van der Waals surface area contributed by atoms with Gasteiger partial charge in [-0.1, -0.05) is 165 Å². The van der Waals surface area contributed by atoms with E-state index >= 15 is 0 Å². The molecule has 1 fully saturated rings. The van der Waals surface area contributed by atoms with E-state index in [0.717, 1.165) is 0 Å². The maximum atomic E-state index is 2.56. The molecule has 9 aromatic rings. The second kappa shape index (κ2) is 13.5. The molecule has 8 aromatic carbocycles. The van der Waals surface area contributed by atoms with E-state index in [1.807, 2.05) is 11.3 Å². The van der Waals surface area contributed by atoms with E-state index in [9.17, 15) is 0 Å². The van der Waals surface area contributed by atoms with Crippen LogP contribution in [0.25, 0.3) is 64.7 Å². The molecule has 0 unspecified atom stereocenters. The summed E-state index contributed by atoms with van der Waals surface area (Å²) in [6, 6.07) is 70.2. The minimum Gasteiger partial charge on any atom is -0.310 e. The molecule has 2 heteroatoms. The van der Waals surface area contributed by atoms with Gasteiger partial charge in [-0.15, -0.1) is 11.3 Å². The Kier molecular flexibility index (Phi) is 8.00. The lowest BCUT2D eigenvalue weighted by atomic mass is 9.68. The van der Waals surface area contributed by atoms with Crippen LogP contribution in [-0.2, 0) is 5.41 Å². The molecule has 56 heavy (non-hydrogen) atoms. The molecular weight excluding hydrogens is 695 g/mol. The Morgan fingerprint density at radius 2 is 0.929 bits per heavy atom. The summed E-state index contributed by atoms with van der Waals surface area (Å²) in [6.07, 6.45) is 6.28. The number of benzene rings is 8. The predicted molar refractivity (Wildman–Crippen MR) is 240 cm³/mol. The van der Waals surface area contributed by atoms with Crippen LogP contribution in [0.5, 0.6) is 0 Å². The van der Waals surface area contributed by atoms with Gasteiger partial charge in [0.25, 0.3) is 0 Å². The van der Waals surface area contributed by atoms with Crippen molar-refractivity contribution in [1.82, 2.24) is 0 Å². The molecule has 0 saturated heterocycles. The molecule has 0 radical (unpaired) electrons. The average Bonchev–Trinajstić information content (AvgIpc) is 3.77. The summed E-state index contributed by atoms with van der Waals surface area (Å²) in [5.41, 5.74) is 16.8. The van der Waals surface area contributed by atoms with Crippen LogP contribution in [0.1, 0.15) is 43.2 Å². The van der Waals surface area contributed by atoms with Gasteiger partial charge in [-0.25, -0.2) is 0 Å². The summed E-state index contributed by atoms with van der Waals surface area (Å²) in [6.45, 7) is 0. The van der Waals surface area contributed by atoms with E-state index in [1.54, 1.807) is 0 Å². The highest BCUT2D eigenvalue weighted by Gasteiger charge is 2.44. The van der Waals surface area contributed by atoms with Gasteiger partial charge in [0.1, 0.15) is 0 Å². The Balaban J connectivity index is 1.15. The molecule has 0 bridgehead atoms. The van der Waals surface area contributed by atoms with Crippen LogP contribution in [0.3, 0.4) is 0 Å². The van der Waals surface area contributed by atoms with E-state index in [0.29, 0.717) is 0 Å². The first-order valence-corrected chi connectivity index (χ1v) is 20.9. The van der Waals surface area contributed by atoms with Gasteiger partial charge < -0.3 is 4.90 Å². The van der Waals surface area contributed by atoms with E-state index in [2.05, 4.69) is 193 Å². The monoisotopic (exact) mass is 735 g/mol. The Hall–Kier alpha value is -6.22. The molecule has 1 nitrogen and oxygen atoms in total. The van der Waals surface area contributed by atoms with Crippen LogP contribution in [0.2, 0.25) is 0 Å². The molecule has 1 saturated carbocycles. The van der Waals surface area contributed by atoms with E-state index < -0.39 is 0 Å². The van der Waals surface area contributed by atoms with E-state index in [-0.39, 0.29) is 5.41 Å². The molecule has 1 spiro atoms. The molecule has 0 N–H and O–H groups in total. The number of hydrogen-bond acceptors (Lipinski definition) is 2. The first-order valence-electron chi connectivity index (χ1n) is 20.1. The number of anilines is 3. The maximum Gasteiger partial charge on any atom is 0.0540 e. The third-order valence-electron chi connectivity index (χ3n) is 12.5. The summed E-state index contributed by atoms with van der Waals surface area (Å²) < 4.78 is 2.64. The summed E-state index contributed by atoms with van der Waals surface area (Å²) in [5.74, 6) is 0. The molecule has 2 aliphatic carbocycles. The molecule has 0 amide bonds. The van der Waals surface area contributed by atoms with Crippen molar-refractivity contribution in [2.24, 2.45) is 0 Å². The van der Waals surface area contributed by atoms with Crippen molar-refractivity contribution in [3.8, 4) is 44.5 Å². The van der Waals surface area contributed by atoms with Gasteiger partial charge in [0.2, 0.25) is 0 Å². The summed E-state index contributed by atoms with van der Waals surface area (Å²) >= 11 is 1.88. The van der Waals surface area contributed by atoms with Crippen molar-refractivity contribution in [1.29, 1.82) is 0 Å². The number of nitrogens with zero attached hydrogens (tertiary/aromatic N) is 1. The second-order valence-electron chi connectivity index (χ2n) is 15.5. The molecule has 11 rings (SSSR count). The van der Waals surface area contributed by atoms with Crippen LogP contribution >= 0.6 is 11.3 Å². The van der Waals surface area contributed by atoms with Gasteiger partial charge in [-0.3, -0.25) is 0 Å². The Bertz CT molecular complexity index is 2910. The largest absolute Gasteiger partial charge is 0.310 e. The van der Waals surface area contributed by atoms with Gasteiger partial charge in [-0.2, -0.15) is 0 Å². The first-order chi connectivity index (χ1) is 27.8. The lowest BCUT2D eigenvalue weighted by molar-refractivity contribution is 0.353. The summed E-state index contributed by atoms with van der Waals surface area (Å²) in [4.78, 5) is 2.54. The molecule has 0 atom stereocenters. The number of rotatable bonds is 6. The quantitative estimate of drug-likeness (QED) is 0.164. The van der Waals surface area contributed by atoms with Crippen LogP contribution in [0.15, 0.2) is 188 Å². The van der Waals surface area contributed by atoms with Gasteiger partial charge in [0.05, 0.1) is 5.69 Å². The van der Waals surface area contributed by atoms with Crippen molar-refractivity contribution < 1.29 is 0 Å². The minimum atomic E-state index is 0.0621. The van der Waals surface area contributed by atoms with Crippen molar-refractivity contribution in [2.75, 3.05) is 4.90 Å². The molecule has 268 valence electrons. The van der Waals surface area contributed by atoms with Crippen molar-refractivity contribution in [3.63, 3.8) is 0 Å². The normalized spacial score (nSPS) is 14.2. The molecule has 0 aliphatic heterocycles. The van der Waals surface area contributed by atoms with Gasteiger partial charge in [0.15, 0.2) is 0 Å². The Morgan fingerprint density at radius 1 is 0.375 bits per heavy atom. The summed E-state index contributed by atoms with van der Waals surface area (Å²) in [5, 5.41) is 2.62.